The van der Waals surface area contributed by atoms with Crippen LogP contribution in [0.15, 0.2) is 0 Å². The van der Waals surface area contributed by atoms with E-state index in [1.807, 2.05) is 6.92 Å². The van der Waals surface area contributed by atoms with Crippen molar-refractivity contribution < 1.29 is 9.59 Å². The minimum atomic E-state index is 0.0850. The van der Waals surface area contributed by atoms with E-state index in [9.17, 15) is 9.59 Å². The third-order valence-electron chi connectivity index (χ3n) is 5.04. The third-order valence-corrected chi connectivity index (χ3v) is 5.04. The summed E-state index contributed by atoms with van der Waals surface area (Å²) in [6.45, 7) is 6.91. The minimum absolute atomic E-state index is 0.0850. The quantitative estimate of drug-likeness (QED) is 0.862. The number of nitrogens with zero attached hydrogens (tertiary/aromatic N) is 2. The van der Waals surface area contributed by atoms with Crippen molar-refractivity contribution in [3.63, 3.8) is 0 Å². The summed E-state index contributed by atoms with van der Waals surface area (Å²) in [5, 5.41) is 3.07. The lowest BCUT2D eigenvalue weighted by molar-refractivity contribution is -0.139. The topological polar surface area (TPSA) is 52.7 Å². The highest BCUT2D eigenvalue weighted by Crippen LogP contribution is 2.27. The van der Waals surface area contributed by atoms with Gasteiger partial charge in [-0.3, -0.25) is 9.59 Å². The normalized spacial score (nSPS) is 30.7. The van der Waals surface area contributed by atoms with Gasteiger partial charge >= 0.3 is 0 Å². The van der Waals surface area contributed by atoms with Gasteiger partial charge in [0, 0.05) is 37.5 Å². The predicted molar refractivity (Wildman–Crippen MR) is 87.5 cm³/mol. The number of carbonyl (C=O) groups is 2. The molecule has 22 heavy (non-hydrogen) atoms. The van der Waals surface area contributed by atoms with Crippen LogP contribution in [-0.2, 0) is 9.59 Å². The number of hydrogen-bond acceptors (Lipinski definition) is 3. The molecule has 0 aromatic heterocycles. The first-order valence-electron chi connectivity index (χ1n) is 8.79. The molecule has 2 rings (SSSR count). The van der Waals surface area contributed by atoms with E-state index in [1.54, 1.807) is 0 Å². The Hall–Kier alpha value is -1.10. The smallest absolute Gasteiger partial charge is 0.226 e. The van der Waals surface area contributed by atoms with Gasteiger partial charge in [-0.2, -0.15) is 0 Å². The van der Waals surface area contributed by atoms with Crippen LogP contribution in [-0.4, -0.2) is 60.4 Å². The highest BCUT2D eigenvalue weighted by molar-refractivity contribution is 5.80. The molecule has 0 aromatic rings. The van der Waals surface area contributed by atoms with Crippen molar-refractivity contribution in [1.29, 1.82) is 0 Å². The molecule has 0 aromatic carbocycles. The fourth-order valence-electron chi connectivity index (χ4n) is 3.81. The van der Waals surface area contributed by atoms with Gasteiger partial charge in [0.15, 0.2) is 0 Å². The van der Waals surface area contributed by atoms with Crippen LogP contribution in [0.2, 0.25) is 0 Å². The molecule has 1 aliphatic carbocycles. The van der Waals surface area contributed by atoms with Gasteiger partial charge in [-0.1, -0.05) is 13.3 Å². The highest BCUT2D eigenvalue weighted by atomic mass is 16.2. The second-order valence-electron chi connectivity index (χ2n) is 6.98. The Morgan fingerprint density at radius 1 is 1.18 bits per heavy atom. The molecule has 1 N–H and O–H groups in total. The van der Waals surface area contributed by atoms with Gasteiger partial charge in [0.25, 0.3) is 0 Å². The van der Waals surface area contributed by atoms with Gasteiger partial charge in [-0.15, -0.1) is 0 Å². The van der Waals surface area contributed by atoms with Crippen LogP contribution in [0.4, 0.5) is 0 Å². The van der Waals surface area contributed by atoms with E-state index < -0.39 is 0 Å². The van der Waals surface area contributed by atoms with Gasteiger partial charge in [-0.05, 0) is 46.2 Å². The zero-order valence-corrected chi connectivity index (χ0v) is 14.3. The molecule has 1 aliphatic heterocycles. The SMILES string of the molecule is CCC(=O)NC1CCCC(C(=O)N2CCCN(C)CC2C)C1. The van der Waals surface area contributed by atoms with Crippen molar-refractivity contribution in [1.82, 2.24) is 15.1 Å². The first-order chi connectivity index (χ1) is 10.5. The van der Waals surface area contributed by atoms with Crippen LogP contribution in [0, 0.1) is 5.92 Å². The summed E-state index contributed by atoms with van der Waals surface area (Å²) in [6, 6.07) is 0.464. The van der Waals surface area contributed by atoms with Crippen LogP contribution >= 0.6 is 0 Å². The first-order valence-corrected chi connectivity index (χ1v) is 8.79. The van der Waals surface area contributed by atoms with Crippen molar-refractivity contribution in [2.24, 2.45) is 5.92 Å². The molecule has 0 spiro atoms. The number of carbonyl (C=O) groups excluding carboxylic acids is 2. The Morgan fingerprint density at radius 2 is 1.95 bits per heavy atom. The minimum Gasteiger partial charge on any atom is -0.353 e. The average Bonchev–Trinajstić information content (AvgIpc) is 2.67. The molecule has 3 atom stereocenters. The molecule has 2 fully saturated rings. The van der Waals surface area contributed by atoms with Gasteiger partial charge in [0.05, 0.1) is 0 Å². The average molecular weight is 309 g/mol. The molecule has 3 unspecified atom stereocenters. The van der Waals surface area contributed by atoms with E-state index in [4.69, 9.17) is 0 Å². The van der Waals surface area contributed by atoms with Gasteiger partial charge < -0.3 is 15.1 Å². The summed E-state index contributed by atoms with van der Waals surface area (Å²) < 4.78 is 0. The zero-order valence-electron chi connectivity index (χ0n) is 14.3. The van der Waals surface area contributed by atoms with E-state index in [2.05, 4.69) is 29.1 Å². The Balaban J connectivity index is 1.94. The lowest BCUT2D eigenvalue weighted by atomic mass is 9.84. The van der Waals surface area contributed by atoms with Gasteiger partial charge in [0.1, 0.15) is 0 Å². The van der Waals surface area contributed by atoms with Crippen molar-refractivity contribution in [3.8, 4) is 0 Å². The van der Waals surface area contributed by atoms with E-state index in [-0.39, 0.29) is 23.9 Å². The van der Waals surface area contributed by atoms with Crippen LogP contribution in [0.5, 0.6) is 0 Å². The van der Waals surface area contributed by atoms with Crippen molar-refractivity contribution >= 4 is 11.8 Å². The molecule has 1 saturated heterocycles. The van der Waals surface area contributed by atoms with Gasteiger partial charge in [-0.25, -0.2) is 0 Å². The van der Waals surface area contributed by atoms with E-state index in [0.717, 1.165) is 51.7 Å². The monoisotopic (exact) mass is 309 g/mol. The molecular formula is C17H31N3O2. The molecule has 5 heteroatoms. The second-order valence-corrected chi connectivity index (χ2v) is 6.98. The number of nitrogens with one attached hydrogen (secondary N) is 1. The van der Waals surface area contributed by atoms with Crippen LogP contribution in [0.25, 0.3) is 0 Å². The summed E-state index contributed by atoms with van der Waals surface area (Å²) in [6.07, 6.45) is 5.39. The second kappa shape index (κ2) is 7.95. The van der Waals surface area contributed by atoms with Crippen molar-refractivity contribution in [2.75, 3.05) is 26.7 Å². The maximum atomic E-state index is 12.9. The van der Waals surface area contributed by atoms with E-state index in [0.29, 0.717) is 12.3 Å². The lowest BCUT2D eigenvalue weighted by Gasteiger charge is -2.35. The Bertz CT molecular complexity index is 399. The van der Waals surface area contributed by atoms with E-state index in [1.165, 1.54) is 0 Å². The first kappa shape index (κ1) is 17.3. The summed E-state index contributed by atoms with van der Waals surface area (Å²) in [5.74, 6) is 0.489. The number of rotatable bonds is 3. The maximum absolute atomic E-state index is 12.9. The number of likely N-dealkylation sites (N-methyl/N-ethyl adjacent to an activating group) is 1. The lowest BCUT2D eigenvalue weighted by Crippen LogP contribution is -2.47. The molecule has 5 nitrogen and oxygen atoms in total. The molecule has 1 saturated carbocycles. The number of amides is 2. The van der Waals surface area contributed by atoms with Crippen molar-refractivity contribution in [2.45, 2.75) is 64.5 Å². The van der Waals surface area contributed by atoms with Crippen LogP contribution < -0.4 is 5.32 Å². The molecule has 1 heterocycles. The fourth-order valence-corrected chi connectivity index (χ4v) is 3.81. The highest BCUT2D eigenvalue weighted by Gasteiger charge is 2.33. The molecule has 0 radical (unpaired) electrons. The fraction of sp³-hybridized carbons (Fsp3) is 0.882. The maximum Gasteiger partial charge on any atom is 0.226 e. The predicted octanol–water partition coefficient (Wildman–Crippen LogP) is 1.62. The van der Waals surface area contributed by atoms with Crippen molar-refractivity contribution in [3.05, 3.63) is 0 Å². The van der Waals surface area contributed by atoms with E-state index >= 15 is 0 Å². The van der Waals surface area contributed by atoms with Crippen LogP contribution in [0.3, 0.4) is 0 Å². The summed E-state index contributed by atoms with van der Waals surface area (Å²) in [7, 11) is 2.13. The van der Waals surface area contributed by atoms with Gasteiger partial charge in [0.2, 0.25) is 11.8 Å². The molecule has 2 amide bonds. The summed E-state index contributed by atoms with van der Waals surface area (Å²) >= 11 is 0. The Labute approximate surface area is 134 Å². The third kappa shape index (κ3) is 4.45. The Morgan fingerprint density at radius 3 is 2.68 bits per heavy atom. The molecule has 2 aliphatic rings. The summed E-state index contributed by atoms with van der Waals surface area (Å²) in [5.41, 5.74) is 0. The Kier molecular flexibility index (Phi) is 6.24. The molecule has 126 valence electrons. The largest absolute Gasteiger partial charge is 0.353 e. The molecular weight excluding hydrogens is 278 g/mol. The standard InChI is InChI=1S/C17H31N3O2/c1-4-16(21)18-15-8-5-7-14(11-15)17(22)20-10-6-9-19(3)12-13(20)2/h13-15H,4-12H2,1-3H3,(H,18,21). The van der Waals surface area contributed by atoms with Crippen LogP contribution in [0.1, 0.15) is 52.4 Å². The zero-order chi connectivity index (χ0) is 16.1. The molecule has 0 bridgehead atoms. The summed E-state index contributed by atoms with van der Waals surface area (Å²) in [4.78, 5) is 28.9. The number of hydrogen-bond donors (Lipinski definition) is 1.